The van der Waals surface area contributed by atoms with Gasteiger partial charge in [0.2, 0.25) is 0 Å². The second-order valence-electron chi connectivity index (χ2n) is 8.56. The van der Waals surface area contributed by atoms with Gasteiger partial charge in [-0.1, -0.05) is 17.7 Å². The molecule has 3 aromatic carbocycles. The van der Waals surface area contributed by atoms with E-state index >= 15 is 0 Å². The maximum Gasteiger partial charge on any atom is 0.270 e. The number of non-ortho nitro benzene ring substituents is 1. The summed E-state index contributed by atoms with van der Waals surface area (Å²) < 4.78 is 38.5. The van der Waals surface area contributed by atoms with Gasteiger partial charge in [-0.25, -0.2) is 13.8 Å². The Kier molecular flexibility index (Phi) is 9.19. The van der Waals surface area contributed by atoms with E-state index in [4.69, 9.17) is 21.1 Å². The van der Waals surface area contributed by atoms with Crippen molar-refractivity contribution in [2.24, 2.45) is 5.10 Å². The van der Waals surface area contributed by atoms with Gasteiger partial charge in [0.05, 0.1) is 42.0 Å². The predicted molar refractivity (Wildman–Crippen MR) is 151 cm³/mol. The van der Waals surface area contributed by atoms with Gasteiger partial charge in [-0.15, -0.1) is 0 Å². The summed E-state index contributed by atoms with van der Waals surface area (Å²) in [7, 11) is -2.73. The van der Waals surface area contributed by atoms with Gasteiger partial charge in [0.15, 0.2) is 0 Å². The summed E-state index contributed by atoms with van der Waals surface area (Å²) in [6.45, 7) is 1.57. The molecule has 1 N–H and O–H groups in total. The Balaban J connectivity index is 1.58. The molecular formula is C26H26ClN5O7S. The van der Waals surface area contributed by atoms with E-state index in [0.717, 1.165) is 4.31 Å². The molecule has 12 nitrogen and oxygen atoms in total. The molecule has 1 amide bonds. The van der Waals surface area contributed by atoms with Crippen LogP contribution in [-0.4, -0.2) is 65.4 Å². The van der Waals surface area contributed by atoms with E-state index in [9.17, 15) is 23.3 Å². The van der Waals surface area contributed by atoms with Crippen molar-refractivity contribution in [1.82, 2.24) is 5.43 Å². The standard InChI is InChI=1S/C26H26ClN5O7S/c1-38-23-6-8-24(9-7-23)40(36,37)31(21-4-2-3-20(27)16-21)18-26(33)29-28-17-19-15-22(32(34)35)5-10-25(19)30-11-13-39-14-12-30/h2-10,15-17H,11-14,18H2,1H3,(H,29,33)/b28-17-. The number of morpholine rings is 1. The van der Waals surface area contributed by atoms with E-state index < -0.39 is 27.4 Å². The number of hydrogen-bond donors (Lipinski definition) is 1. The Labute approximate surface area is 235 Å². The summed E-state index contributed by atoms with van der Waals surface area (Å²) in [6, 6.07) is 16.2. The minimum Gasteiger partial charge on any atom is -0.497 e. The van der Waals surface area contributed by atoms with Crippen molar-refractivity contribution < 1.29 is 27.6 Å². The number of benzene rings is 3. The van der Waals surface area contributed by atoms with Gasteiger partial charge in [-0.2, -0.15) is 5.10 Å². The molecule has 0 atom stereocenters. The van der Waals surface area contributed by atoms with Crippen molar-refractivity contribution in [3.63, 3.8) is 0 Å². The number of methoxy groups -OCH3 is 1. The predicted octanol–water partition coefficient (Wildman–Crippen LogP) is 3.44. The van der Waals surface area contributed by atoms with Crippen LogP contribution in [0.3, 0.4) is 0 Å². The third-order valence-electron chi connectivity index (χ3n) is 6.00. The van der Waals surface area contributed by atoms with Crippen molar-refractivity contribution in [2.45, 2.75) is 4.90 Å². The number of nitro groups is 1. The number of nitrogens with zero attached hydrogens (tertiary/aromatic N) is 4. The third kappa shape index (κ3) is 6.86. The highest BCUT2D eigenvalue weighted by molar-refractivity contribution is 7.92. The summed E-state index contributed by atoms with van der Waals surface area (Å²) >= 11 is 6.10. The normalized spacial score (nSPS) is 13.7. The number of hydrogen-bond acceptors (Lipinski definition) is 9. The van der Waals surface area contributed by atoms with E-state index in [1.165, 1.54) is 61.9 Å². The number of amides is 1. The number of nitro benzene ring substituents is 1. The molecule has 0 unspecified atom stereocenters. The van der Waals surface area contributed by atoms with Crippen molar-refractivity contribution >= 4 is 50.8 Å². The zero-order valence-corrected chi connectivity index (χ0v) is 23.0. The molecule has 40 heavy (non-hydrogen) atoms. The molecule has 3 aromatic rings. The van der Waals surface area contributed by atoms with Gasteiger partial charge >= 0.3 is 0 Å². The molecule has 0 radical (unpaired) electrons. The Bertz CT molecular complexity index is 1510. The SMILES string of the molecule is COc1ccc(S(=O)(=O)N(CC(=O)N/N=C\c2cc([N+](=O)[O-])ccc2N2CCOCC2)c2cccc(Cl)c2)cc1. The van der Waals surface area contributed by atoms with Crippen LogP contribution in [-0.2, 0) is 19.6 Å². The summed E-state index contributed by atoms with van der Waals surface area (Å²) in [5, 5.41) is 15.6. The van der Waals surface area contributed by atoms with Crippen LogP contribution < -0.4 is 19.4 Å². The molecule has 0 aliphatic carbocycles. The first kappa shape index (κ1) is 28.8. The van der Waals surface area contributed by atoms with Crippen LogP contribution in [0.15, 0.2) is 76.7 Å². The minimum atomic E-state index is -4.19. The molecule has 1 fully saturated rings. The minimum absolute atomic E-state index is 0.0590. The van der Waals surface area contributed by atoms with Gasteiger partial charge in [-0.05, 0) is 48.5 Å². The fraction of sp³-hybridized carbons (Fsp3) is 0.231. The first-order valence-electron chi connectivity index (χ1n) is 12.0. The number of nitrogens with one attached hydrogen (secondary N) is 1. The average Bonchev–Trinajstić information content (AvgIpc) is 2.96. The number of hydrazone groups is 1. The average molecular weight is 588 g/mol. The summed E-state index contributed by atoms with van der Waals surface area (Å²) in [4.78, 5) is 25.7. The van der Waals surface area contributed by atoms with Crippen LogP contribution in [0, 0.1) is 10.1 Å². The summed E-state index contributed by atoms with van der Waals surface area (Å²) in [5.41, 5.74) is 3.47. The Morgan fingerprint density at radius 1 is 1.18 bits per heavy atom. The maximum absolute atomic E-state index is 13.5. The lowest BCUT2D eigenvalue weighted by molar-refractivity contribution is -0.384. The first-order chi connectivity index (χ1) is 19.2. The van der Waals surface area contributed by atoms with Crippen molar-refractivity contribution in [3.05, 3.63) is 87.4 Å². The summed E-state index contributed by atoms with van der Waals surface area (Å²) in [5.74, 6) is -0.274. The number of anilines is 2. The number of halogens is 1. The Hall–Kier alpha value is -4.20. The van der Waals surface area contributed by atoms with Gasteiger partial charge in [-0.3, -0.25) is 19.2 Å². The highest BCUT2D eigenvalue weighted by Gasteiger charge is 2.27. The molecule has 14 heteroatoms. The Morgan fingerprint density at radius 3 is 2.55 bits per heavy atom. The summed E-state index contributed by atoms with van der Waals surface area (Å²) in [6.07, 6.45) is 1.29. The Morgan fingerprint density at radius 2 is 1.90 bits per heavy atom. The maximum atomic E-state index is 13.5. The van der Waals surface area contributed by atoms with Crippen LogP contribution in [0.1, 0.15) is 5.56 Å². The topological polar surface area (TPSA) is 144 Å². The lowest BCUT2D eigenvalue weighted by Gasteiger charge is -2.29. The highest BCUT2D eigenvalue weighted by atomic mass is 35.5. The van der Waals surface area contributed by atoms with Crippen LogP contribution >= 0.6 is 11.6 Å². The zero-order chi connectivity index (χ0) is 28.7. The first-order valence-corrected chi connectivity index (χ1v) is 13.9. The molecule has 1 heterocycles. The quantitative estimate of drug-likeness (QED) is 0.216. The number of ether oxygens (including phenoxy) is 2. The zero-order valence-electron chi connectivity index (χ0n) is 21.4. The molecule has 4 rings (SSSR count). The molecular weight excluding hydrogens is 562 g/mol. The van der Waals surface area contributed by atoms with Crippen molar-refractivity contribution in [3.8, 4) is 5.75 Å². The smallest absolute Gasteiger partial charge is 0.270 e. The highest BCUT2D eigenvalue weighted by Crippen LogP contribution is 2.28. The van der Waals surface area contributed by atoms with Gasteiger partial charge in [0.25, 0.3) is 21.6 Å². The van der Waals surface area contributed by atoms with E-state index in [1.54, 1.807) is 18.2 Å². The van der Waals surface area contributed by atoms with Crippen LogP contribution in [0.4, 0.5) is 17.1 Å². The van der Waals surface area contributed by atoms with Crippen LogP contribution in [0.2, 0.25) is 5.02 Å². The van der Waals surface area contributed by atoms with Crippen molar-refractivity contribution in [2.75, 3.05) is 49.2 Å². The second kappa shape index (κ2) is 12.8. The molecule has 1 saturated heterocycles. The van der Waals surface area contributed by atoms with Crippen LogP contribution in [0.5, 0.6) is 5.75 Å². The number of carbonyl (C=O) groups excluding carboxylic acids is 1. The lowest BCUT2D eigenvalue weighted by atomic mass is 10.1. The van der Waals surface area contributed by atoms with Gasteiger partial charge < -0.3 is 14.4 Å². The van der Waals surface area contributed by atoms with E-state index in [2.05, 4.69) is 10.5 Å². The van der Waals surface area contributed by atoms with Gasteiger partial charge in [0.1, 0.15) is 12.3 Å². The molecule has 0 spiro atoms. The molecule has 0 saturated carbocycles. The van der Waals surface area contributed by atoms with E-state index in [-0.39, 0.29) is 21.3 Å². The molecule has 0 bridgehead atoms. The fourth-order valence-corrected chi connectivity index (χ4v) is 5.61. The number of rotatable bonds is 10. The third-order valence-corrected chi connectivity index (χ3v) is 8.02. The second-order valence-corrected chi connectivity index (χ2v) is 10.9. The molecule has 210 valence electrons. The molecule has 1 aliphatic rings. The van der Waals surface area contributed by atoms with Gasteiger partial charge in [0, 0.05) is 41.5 Å². The number of carbonyl (C=O) groups is 1. The van der Waals surface area contributed by atoms with E-state index in [0.29, 0.717) is 43.3 Å². The monoisotopic (exact) mass is 587 g/mol. The van der Waals surface area contributed by atoms with E-state index in [1.807, 2.05) is 4.90 Å². The van der Waals surface area contributed by atoms with Crippen LogP contribution in [0.25, 0.3) is 0 Å². The molecule has 0 aromatic heterocycles. The largest absolute Gasteiger partial charge is 0.497 e. The fourth-order valence-electron chi connectivity index (χ4n) is 4.01. The molecule has 1 aliphatic heterocycles. The van der Waals surface area contributed by atoms with Crippen molar-refractivity contribution in [1.29, 1.82) is 0 Å². The number of sulfonamides is 1. The lowest BCUT2D eigenvalue weighted by Crippen LogP contribution is -2.39.